The van der Waals surface area contributed by atoms with E-state index >= 15 is 0 Å². The molecule has 1 aromatic carbocycles. The van der Waals surface area contributed by atoms with Gasteiger partial charge in [-0.3, -0.25) is 9.69 Å². The smallest absolute Gasteiger partial charge is 0.236 e. The molecule has 4 nitrogen and oxygen atoms in total. The van der Waals surface area contributed by atoms with E-state index in [2.05, 4.69) is 53.3 Å². The lowest BCUT2D eigenvalue weighted by Crippen LogP contribution is -2.30. The number of carbonyl (C=O) groups excluding carboxylic acids is 1. The number of rotatable bonds is 6. The van der Waals surface area contributed by atoms with Crippen LogP contribution < -0.4 is 5.32 Å². The van der Waals surface area contributed by atoms with Crippen LogP contribution in [0.25, 0.3) is 0 Å². The number of hydrogen-bond donors (Lipinski definition) is 1. The summed E-state index contributed by atoms with van der Waals surface area (Å²) in [5.74, 6) is 0.423. The number of aromatic nitrogens is 1. The Bertz CT molecular complexity index is 697. The molecule has 0 saturated carbocycles. The third-order valence-electron chi connectivity index (χ3n) is 3.99. The molecule has 1 aliphatic rings. The molecule has 0 unspecified atom stereocenters. The van der Waals surface area contributed by atoms with Gasteiger partial charge in [-0.2, -0.15) is 0 Å². The van der Waals surface area contributed by atoms with Gasteiger partial charge in [0.1, 0.15) is 0 Å². The Labute approximate surface area is 151 Å². The Morgan fingerprint density at radius 1 is 1.38 bits per heavy atom. The van der Waals surface area contributed by atoms with Crippen LogP contribution in [0.2, 0.25) is 0 Å². The average Bonchev–Trinajstić information content (AvgIpc) is 2.96. The maximum Gasteiger partial charge on any atom is 0.236 e. The van der Waals surface area contributed by atoms with Gasteiger partial charge in [-0.1, -0.05) is 24.6 Å². The lowest BCUT2D eigenvalue weighted by atomic mass is 10.2. The van der Waals surface area contributed by atoms with Crippen LogP contribution in [0.4, 0.5) is 5.13 Å². The number of hydrogen-bond acceptors (Lipinski definition) is 5. The van der Waals surface area contributed by atoms with E-state index in [0.717, 1.165) is 41.8 Å². The summed E-state index contributed by atoms with van der Waals surface area (Å²) in [6.45, 7) is 7.44. The third-order valence-corrected chi connectivity index (χ3v) is 6.00. The largest absolute Gasteiger partial charge is 0.301 e. The second-order valence-electron chi connectivity index (χ2n) is 6.06. The van der Waals surface area contributed by atoms with Crippen molar-refractivity contribution >= 4 is 34.1 Å². The van der Waals surface area contributed by atoms with Gasteiger partial charge in [0.25, 0.3) is 0 Å². The monoisotopic (exact) mass is 361 g/mol. The summed E-state index contributed by atoms with van der Waals surface area (Å²) < 4.78 is 0. The van der Waals surface area contributed by atoms with Crippen molar-refractivity contribution in [2.75, 3.05) is 24.2 Å². The van der Waals surface area contributed by atoms with Crippen LogP contribution in [-0.4, -0.2) is 34.6 Å². The summed E-state index contributed by atoms with van der Waals surface area (Å²) in [5, 5.41) is 3.70. The Balaban J connectivity index is 1.53. The van der Waals surface area contributed by atoms with Gasteiger partial charge >= 0.3 is 0 Å². The number of benzene rings is 1. The normalized spacial score (nSPS) is 14.4. The van der Waals surface area contributed by atoms with Crippen molar-refractivity contribution in [3.8, 4) is 0 Å². The Kier molecular flexibility index (Phi) is 5.92. The molecule has 24 heavy (non-hydrogen) atoms. The van der Waals surface area contributed by atoms with Gasteiger partial charge in [0.15, 0.2) is 5.13 Å². The van der Waals surface area contributed by atoms with Crippen molar-refractivity contribution in [3.63, 3.8) is 0 Å². The van der Waals surface area contributed by atoms with Crippen LogP contribution in [0, 0.1) is 6.92 Å². The number of nitrogens with zero attached hydrogens (tertiary/aromatic N) is 2. The van der Waals surface area contributed by atoms with Gasteiger partial charge in [0.2, 0.25) is 5.91 Å². The van der Waals surface area contributed by atoms with Crippen molar-refractivity contribution in [3.05, 3.63) is 40.4 Å². The molecule has 128 valence electrons. The summed E-state index contributed by atoms with van der Waals surface area (Å²) in [6, 6.07) is 8.24. The first kappa shape index (κ1) is 17.5. The van der Waals surface area contributed by atoms with Crippen molar-refractivity contribution < 1.29 is 4.79 Å². The fourth-order valence-corrected chi connectivity index (χ4v) is 4.51. The minimum absolute atomic E-state index is 0.0112. The third kappa shape index (κ3) is 4.59. The zero-order valence-electron chi connectivity index (χ0n) is 14.2. The number of thiazole rings is 1. The number of thioether (sulfide) groups is 1. The fraction of sp³-hybridized carbons (Fsp3) is 0.444. The van der Waals surface area contributed by atoms with Crippen LogP contribution >= 0.6 is 23.1 Å². The molecule has 0 fully saturated rings. The van der Waals surface area contributed by atoms with E-state index < -0.39 is 0 Å². The van der Waals surface area contributed by atoms with E-state index in [1.807, 2.05) is 0 Å². The molecule has 6 heteroatoms. The Hall–Kier alpha value is -1.37. The lowest BCUT2D eigenvalue weighted by Gasteiger charge is -2.24. The zero-order valence-corrected chi connectivity index (χ0v) is 15.8. The summed E-state index contributed by atoms with van der Waals surface area (Å²) in [5.41, 5.74) is 2.39. The summed E-state index contributed by atoms with van der Waals surface area (Å²) in [7, 11) is 0. The highest BCUT2D eigenvalue weighted by Gasteiger charge is 2.20. The first-order chi connectivity index (χ1) is 11.6. The van der Waals surface area contributed by atoms with Crippen LogP contribution in [0.5, 0.6) is 0 Å². The highest BCUT2D eigenvalue weighted by atomic mass is 32.2. The first-order valence-electron chi connectivity index (χ1n) is 8.34. The predicted molar refractivity (Wildman–Crippen MR) is 102 cm³/mol. The van der Waals surface area contributed by atoms with Crippen LogP contribution in [0.15, 0.2) is 29.2 Å². The van der Waals surface area contributed by atoms with E-state index in [1.165, 1.54) is 16.9 Å². The zero-order chi connectivity index (χ0) is 16.9. The van der Waals surface area contributed by atoms with Gasteiger partial charge in [0, 0.05) is 29.3 Å². The molecule has 2 aromatic rings. The van der Waals surface area contributed by atoms with E-state index in [1.54, 1.807) is 23.1 Å². The molecule has 1 aromatic heterocycles. The number of anilines is 1. The summed E-state index contributed by atoms with van der Waals surface area (Å²) >= 11 is 3.18. The molecule has 0 spiro atoms. The van der Waals surface area contributed by atoms with Gasteiger partial charge in [-0.25, -0.2) is 4.98 Å². The predicted octanol–water partition coefficient (Wildman–Crippen LogP) is 3.95. The second-order valence-corrected chi connectivity index (χ2v) is 8.20. The van der Waals surface area contributed by atoms with Crippen LogP contribution in [-0.2, 0) is 17.8 Å². The minimum Gasteiger partial charge on any atom is -0.301 e. The van der Waals surface area contributed by atoms with E-state index in [4.69, 9.17) is 0 Å². The molecule has 0 bridgehead atoms. The Morgan fingerprint density at radius 2 is 2.17 bits per heavy atom. The maximum absolute atomic E-state index is 12.2. The number of carbonyl (C=O) groups is 1. The SMILES string of the molecule is CCCN1CCc2nc(NC(=O)CSc3ccc(C)cc3)sc2C1. The minimum atomic E-state index is 0.0112. The van der Waals surface area contributed by atoms with Gasteiger partial charge in [-0.15, -0.1) is 23.1 Å². The molecular formula is C18H23N3OS2. The van der Waals surface area contributed by atoms with E-state index in [-0.39, 0.29) is 5.91 Å². The molecule has 0 radical (unpaired) electrons. The van der Waals surface area contributed by atoms with Gasteiger partial charge in [0.05, 0.1) is 11.4 Å². The Morgan fingerprint density at radius 3 is 2.92 bits per heavy atom. The molecule has 1 N–H and O–H groups in total. The molecule has 2 heterocycles. The highest BCUT2D eigenvalue weighted by molar-refractivity contribution is 8.00. The quantitative estimate of drug-likeness (QED) is 0.791. The molecule has 1 amide bonds. The topological polar surface area (TPSA) is 45.2 Å². The molecular weight excluding hydrogens is 338 g/mol. The number of nitrogens with one attached hydrogen (secondary N) is 1. The molecule has 0 atom stereocenters. The summed E-state index contributed by atoms with van der Waals surface area (Å²) in [6.07, 6.45) is 2.16. The van der Waals surface area contributed by atoms with Crippen LogP contribution in [0.1, 0.15) is 29.5 Å². The van der Waals surface area contributed by atoms with Gasteiger partial charge < -0.3 is 5.32 Å². The number of amides is 1. The highest BCUT2D eigenvalue weighted by Crippen LogP contribution is 2.28. The lowest BCUT2D eigenvalue weighted by molar-refractivity contribution is -0.113. The average molecular weight is 362 g/mol. The molecule has 0 aliphatic carbocycles. The number of aryl methyl sites for hydroxylation is 1. The molecule has 3 rings (SSSR count). The van der Waals surface area contributed by atoms with Crippen molar-refractivity contribution in [2.24, 2.45) is 0 Å². The molecule has 1 aliphatic heterocycles. The van der Waals surface area contributed by atoms with E-state index in [9.17, 15) is 4.79 Å². The van der Waals surface area contributed by atoms with Crippen LogP contribution in [0.3, 0.4) is 0 Å². The van der Waals surface area contributed by atoms with Crippen molar-refractivity contribution in [1.82, 2.24) is 9.88 Å². The number of fused-ring (bicyclic) bond motifs is 1. The standard InChI is InChI=1S/C18H23N3OS2/c1-3-9-21-10-8-15-16(11-21)24-18(19-15)20-17(22)12-23-14-6-4-13(2)5-7-14/h4-7H,3,8-12H2,1-2H3,(H,19,20,22). The first-order valence-corrected chi connectivity index (χ1v) is 10.1. The van der Waals surface area contributed by atoms with Crippen molar-refractivity contribution in [2.45, 2.75) is 38.1 Å². The fourth-order valence-electron chi connectivity index (χ4n) is 2.75. The van der Waals surface area contributed by atoms with Crippen molar-refractivity contribution in [1.29, 1.82) is 0 Å². The molecule has 0 saturated heterocycles. The van der Waals surface area contributed by atoms with Gasteiger partial charge in [-0.05, 0) is 32.0 Å². The summed E-state index contributed by atoms with van der Waals surface area (Å²) in [4.78, 5) is 21.6. The van der Waals surface area contributed by atoms with E-state index in [0.29, 0.717) is 5.75 Å². The second kappa shape index (κ2) is 8.14. The maximum atomic E-state index is 12.2.